The minimum Gasteiger partial charge on any atom is -0.349 e. The summed E-state index contributed by atoms with van der Waals surface area (Å²) >= 11 is 0. The van der Waals surface area contributed by atoms with Gasteiger partial charge in [-0.25, -0.2) is 4.98 Å². The molecule has 0 aromatic carbocycles. The number of nitrogens with zero attached hydrogens (tertiary/aromatic N) is 2. The van der Waals surface area contributed by atoms with E-state index in [0.717, 1.165) is 18.8 Å². The zero-order valence-corrected chi connectivity index (χ0v) is 7.66. The molecule has 3 heteroatoms. The Morgan fingerprint density at radius 2 is 2.54 bits per heavy atom. The first-order chi connectivity index (χ1) is 6.27. The summed E-state index contributed by atoms with van der Waals surface area (Å²) in [5.41, 5.74) is 1.25. The minimum absolute atomic E-state index is 0.193. The van der Waals surface area contributed by atoms with Crippen LogP contribution in [0, 0.1) is 0 Å². The topological polar surface area (TPSA) is 33.2 Å². The summed E-state index contributed by atoms with van der Waals surface area (Å²) < 4.78 is 0. The first-order valence-corrected chi connectivity index (χ1v) is 4.45. The van der Waals surface area contributed by atoms with Crippen molar-refractivity contribution < 1.29 is 4.79 Å². The van der Waals surface area contributed by atoms with Crippen LogP contribution in [-0.4, -0.2) is 23.9 Å². The van der Waals surface area contributed by atoms with Crippen molar-refractivity contribution in [1.29, 1.82) is 0 Å². The highest BCUT2D eigenvalue weighted by molar-refractivity contribution is 5.81. The molecule has 1 aliphatic rings. The van der Waals surface area contributed by atoms with Crippen LogP contribution in [-0.2, 0) is 11.2 Å². The zero-order chi connectivity index (χ0) is 9.26. The summed E-state index contributed by atoms with van der Waals surface area (Å²) in [6.45, 7) is 3.02. The lowest BCUT2D eigenvalue weighted by atomic mass is 10.2. The van der Waals surface area contributed by atoms with E-state index < -0.39 is 0 Å². The summed E-state index contributed by atoms with van der Waals surface area (Å²) in [6, 6.07) is 4.01. The van der Waals surface area contributed by atoms with Crippen molar-refractivity contribution in [2.45, 2.75) is 13.3 Å². The molecule has 0 fully saturated rings. The lowest BCUT2D eigenvalue weighted by Crippen LogP contribution is -2.26. The van der Waals surface area contributed by atoms with Crippen LogP contribution >= 0.6 is 0 Å². The van der Waals surface area contributed by atoms with Crippen molar-refractivity contribution in [3.63, 3.8) is 0 Å². The molecule has 0 saturated carbocycles. The molecule has 3 nitrogen and oxygen atoms in total. The number of aromatic nitrogens is 1. The number of anilines is 1. The molecule has 0 N–H and O–H groups in total. The largest absolute Gasteiger partial charge is 0.349 e. The second-order valence-corrected chi connectivity index (χ2v) is 3.36. The third-order valence-electron chi connectivity index (χ3n) is 2.23. The summed E-state index contributed by atoms with van der Waals surface area (Å²) in [5.74, 6) is 1.18. The Kier molecular flexibility index (Phi) is 2.00. The van der Waals surface area contributed by atoms with Crippen LogP contribution in [0.1, 0.15) is 12.5 Å². The molecule has 0 unspecified atom stereocenters. The average Bonchev–Trinajstić information content (AvgIpc) is 2.48. The molecular weight excluding hydrogens is 164 g/mol. The normalized spacial score (nSPS) is 14.4. The minimum atomic E-state index is 0.193. The number of ketones is 1. The van der Waals surface area contributed by atoms with Crippen LogP contribution in [0.25, 0.3) is 0 Å². The highest BCUT2D eigenvalue weighted by atomic mass is 16.1. The van der Waals surface area contributed by atoms with Gasteiger partial charge in [-0.05, 0) is 25.0 Å². The number of hydrogen-bond donors (Lipinski definition) is 0. The van der Waals surface area contributed by atoms with Gasteiger partial charge < -0.3 is 4.90 Å². The third-order valence-corrected chi connectivity index (χ3v) is 2.23. The molecule has 0 spiro atoms. The summed E-state index contributed by atoms with van der Waals surface area (Å²) in [5, 5.41) is 0. The molecule has 0 bridgehead atoms. The molecule has 2 rings (SSSR count). The van der Waals surface area contributed by atoms with E-state index in [9.17, 15) is 4.79 Å². The van der Waals surface area contributed by atoms with Crippen LogP contribution in [0.15, 0.2) is 18.3 Å². The predicted molar refractivity (Wildman–Crippen MR) is 50.8 cm³/mol. The fraction of sp³-hybridized carbons (Fsp3) is 0.400. The maximum Gasteiger partial charge on any atom is 0.149 e. The second-order valence-electron chi connectivity index (χ2n) is 3.36. The standard InChI is InChI=1S/C10H12N2O/c1-8(13)7-12-6-4-9-3-2-5-11-10(9)12/h2-3,5H,4,6-7H2,1H3. The zero-order valence-electron chi connectivity index (χ0n) is 7.66. The van der Waals surface area contributed by atoms with Gasteiger partial charge >= 0.3 is 0 Å². The van der Waals surface area contributed by atoms with Gasteiger partial charge in [0.15, 0.2) is 0 Å². The van der Waals surface area contributed by atoms with Crippen LogP contribution in [0.2, 0.25) is 0 Å². The number of hydrogen-bond acceptors (Lipinski definition) is 3. The van der Waals surface area contributed by atoms with E-state index in [1.165, 1.54) is 5.56 Å². The van der Waals surface area contributed by atoms with Crippen LogP contribution in [0.5, 0.6) is 0 Å². The highest BCUT2D eigenvalue weighted by Crippen LogP contribution is 2.23. The van der Waals surface area contributed by atoms with Crippen molar-refractivity contribution in [1.82, 2.24) is 4.98 Å². The van der Waals surface area contributed by atoms with Crippen LogP contribution in [0.4, 0.5) is 5.82 Å². The monoisotopic (exact) mass is 176 g/mol. The first kappa shape index (κ1) is 8.23. The Labute approximate surface area is 77.4 Å². The van der Waals surface area contributed by atoms with Crippen LogP contribution < -0.4 is 4.90 Å². The lowest BCUT2D eigenvalue weighted by Gasteiger charge is -2.15. The Balaban J connectivity index is 2.23. The van der Waals surface area contributed by atoms with Crippen molar-refractivity contribution in [2.24, 2.45) is 0 Å². The molecule has 2 heterocycles. The molecule has 13 heavy (non-hydrogen) atoms. The van der Waals surface area contributed by atoms with Gasteiger partial charge in [-0.15, -0.1) is 0 Å². The van der Waals surface area contributed by atoms with Gasteiger partial charge in [0.25, 0.3) is 0 Å². The number of rotatable bonds is 2. The molecule has 1 aromatic heterocycles. The molecule has 0 saturated heterocycles. The quantitative estimate of drug-likeness (QED) is 0.675. The predicted octanol–water partition coefficient (Wildman–Crippen LogP) is 1.03. The van der Waals surface area contributed by atoms with Crippen molar-refractivity contribution >= 4 is 11.6 Å². The fourth-order valence-corrected chi connectivity index (χ4v) is 1.69. The van der Waals surface area contributed by atoms with Gasteiger partial charge in [-0.3, -0.25) is 4.79 Å². The van der Waals surface area contributed by atoms with Gasteiger partial charge in [0.05, 0.1) is 6.54 Å². The SMILES string of the molecule is CC(=O)CN1CCc2cccnc21. The number of Topliss-reactive ketones (excluding diaryl/α,β-unsaturated/α-hetero) is 1. The smallest absolute Gasteiger partial charge is 0.149 e. The van der Waals surface area contributed by atoms with Crippen molar-refractivity contribution in [3.8, 4) is 0 Å². The molecular formula is C10H12N2O. The third kappa shape index (κ3) is 1.54. The van der Waals surface area contributed by atoms with Crippen molar-refractivity contribution in [2.75, 3.05) is 18.0 Å². The summed E-state index contributed by atoms with van der Waals surface area (Å²) in [6.07, 6.45) is 2.79. The Morgan fingerprint density at radius 3 is 3.31 bits per heavy atom. The van der Waals surface area contributed by atoms with Gasteiger partial charge in [0, 0.05) is 12.7 Å². The van der Waals surface area contributed by atoms with Gasteiger partial charge in [0.1, 0.15) is 11.6 Å². The molecule has 0 radical (unpaired) electrons. The van der Waals surface area contributed by atoms with Gasteiger partial charge in [0.2, 0.25) is 0 Å². The second kappa shape index (κ2) is 3.17. The van der Waals surface area contributed by atoms with Crippen LogP contribution in [0.3, 0.4) is 0 Å². The van der Waals surface area contributed by atoms with E-state index in [4.69, 9.17) is 0 Å². The van der Waals surface area contributed by atoms with Gasteiger partial charge in [-0.1, -0.05) is 6.07 Å². The Morgan fingerprint density at radius 1 is 1.69 bits per heavy atom. The van der Waals surface area contributed by atoms with Crippen molar-refractivity contribution in [3.05, 3.63) is 23.9 Å². The number of carbonyl (C=O) groups is 1. The molecule has 0 amide bonds. The molecule has 0 atom stereocenters. The van der Waals surface area contributed by atoms with E-state index in [-0.39, 0.29) is 5.78 Å². The van der Waals surface area contributed by atoms with E-state index in [2.05, 4.69) is 11.1 Å². The highest BCUT2D eigenvalue weighted by Gasteiger charge is 2.20. The number of carbonyl (C=O) groups excluding carboxylic acids is 1. The molecule has 1 aliphatic heterocycles. The van der Waals surface area contributed by atoms with E-state index in [0.29, 0.717) is 6.54 Å². The van der Waals surface area contributed by atoms with Gasteiger partial charge in [-0.2, -0.15) is 0 Å². The Hall–Kier alpha value is -1.38. The molecule has 1 aromatic rings. The fourth-order valence-electron chi connectivity index (χ4n) is 1.69. The number of fused-ring (bicyclic) bond motifs is 1. The maximum absolute atomic E-state index is 10.9. The molecule has 0 aliphatic carbocycles. The average molecular weight is 176 g/mol. The summed E-state index contributed by atoms with van der Waals surface area (Å²) in [7, 11) is 0. The van der Waals surface area contributed by atoms with E-state index >= 15 is 0 Å². The first-order valence-electron chi connectivity index (χ1n) is 4.45. The Bertz CT molecular complexity index is 335. The lowest BCUT2D eigenvalue weighted by molar-refractivity contribution is -0.115. The molecule has 68 valence electrons. The maximum atomic E-state index is 10.9. The number of pyridine rings is 1. The van der Waals surface area contributed by atoms with E-state index in [1.54, 1.807) is 13.1 Å². The van der Waals surface area contributed by atoms with E-state index in [1.807, 2.05) is 11.0 Å². The summed E-state index contributed by atoms with van der Waals surface area (Å²) in [4.78, 5) is 17.2.